The topological polar surface area (TPSA) is 66.5 Å². The number of anilines is 2. The van der Waals surface area contributed by atoms with Gasteiger partial charge in [0.05, 0.1) is 20.6 Å². The lowest BCUT2D eigenvalue weighted by Crippen LogP contribution is -2.35. The Labute approximate surface area is 195 Å². The maximum atomic E-state index is 13.0. The number of halogens is 3. The molecule has 0 atom stereocenters. The Morgan fingerprint density at radius 1 is 0.968 bits per heavy atom. The number of sulfonamides is 1. The summed E-state index contributed by atoms with van der Waals surface area (Å²) < 4.78 is 28.3. The standard InChI is InChI=1S/C22H17Cl3N2O3S/c23-16-6-1-4-15(12-16)22(28)27-11-3-5-14-13-17(9-10-20(14)27)31(29,30)26-19-8-2-7-18(24)21(19)25/h1-2,4,6-10,12-13,26H,3,5,11H2. The van der Waals surface area contributed by atoms with E-state index in [4.69, 9.17) is 34.8 Å². The number of aryl methyl sites for hydroxylation is 1. The van der Waals surface area contributed by atoms with E-state index in [0.717, 1.165) is 12.0 Å². The molecule has 4 rings (SSSR count). The van der Waals surface area contributed by atoms with E-state index in [-0.39, 0.29) is 26.5 Å². The normalized spacial score (nSPS) is 13.6. The van der Waals surface area contributed by atoms with Crippen molar-refractivity contribution < 1.29 is 13.2 Å². The Kier molecular flexibility index (Phi) is 6.17. The van der Waals surface area contributed by atoms with Crippen LogP contribution in [0.25, 0.3) is 0 Å². The minimum Gasteiger partial charge on any atom is -0.308 e. The van der Waals surface area contributed by atoms with E-state index < -0.39 is 10.0 Å². The maximum Gasteiger partial charge on any atom is 0.261 e. The van der Waals surface area contributed by atoms with E-state index in [2.05, 4.69) is 4.72 Å². The summed E-state index contributed by atoms with van der Waals surface area (Å²) in [4.78, 5) is 14.8. The second kappa shape index (κ2) is 8.71. The van der Waals surface area contributed by atoms with Crippen LogP contribution in [-0.4, -0.2) is 20.9 Å². The molecule has 0 radical (unpaired) electrons. The van der Waals surface area contributed by atoms with Gasteiger partial charge < -0.3 is 4.90 Å². The molecule has 0 fully saturated rings. The van der Waals surface area contributed by atoms with Crippen LogP contribution in [-0.2, 0) is 16.4 Å². The van der Waals surface area contributed by atoms with Crippen LogP contribution < -0.4 is 9.62 Å². The summed E-state index contributed by atoms with van der Waals surface area (Å²) in [6.45, 7) is 0.542. The first-order chi connectivity index (χ1) is 14.8. The molecule has 1 aliphatic heterocycles. The van der Waals surface area contributed by atoms with Crippen molar-refractivity contribution in [3.8, 4) is 0 Å². The van der Waals surface area contributed by atoms with Gasteiger partial charge in [0, 0.05) is 22.8 Å². The van der Waals surface area contributed by atoms with E-state index >= 15 is 0 Å². The minimum absolute atomic E-state index is 0.0827. The summed E-state index contributed by atoms with van der Waals surface area (Å²) in [5.41, 5.74) is 2.15. The monoisotopic (exact) mass is 494 g/mol. The van der Waals surface area contributed by atoms with E-state index in [1.807, 2.05) is 0 Å². The third-order valence-electron chi connectivity index (χ3n) is 4.99. The predicted molar refractivity (Wildman–Crippen MR) is 125 cm³/mol. The van der Waals surface area contributed by atoms with Crippen LogP contribution in [0.1, 0.15) is 22.3 Å². The van der Waals surface area contributed by atoms with Crippen molar-refractivity contribution in [3.63, 3.8) is 0 Å². The number of rotatable bonds is 4. The Hall–Kier alpha value is -2.25. The van der Waals surface area contributed by atoms with Crippen LogP contribution in [0.5, 0.6) is 0 Å². The van der Waals surface area contributed by atoms with Gasteiger partial charge in [0.2, 0.25) is 0 Å². The molecule has 31 heavy (non-hydrogen) atoms. The molecule has 3 aromatic rings. The number of carbonyl (C=O) groups is 1. The third kappa shape index (κ3) is 4.53. The van der Waals surface area contributed by atoms with Gasteiger partial charge in [-0.2, -0.15) is 0 Å². The fourth-order valence-electron chi connectivity index (χ4n) is 3.52. The highest BCUT2D eigenvalue weighted by Crippen LogP contribution is 2.34. The average Bonchev–Trinajstić information content (AvgIpc) is 2.75. The fraction of sp³-hybridized carbons (Fsp3) is 0.136. The quantitative estimate of drug-likeness (QED) is 0.480. The first-order valence-corrected chi connectivity index (χ1v) is 12.1. The molecule has 5 nitrogen and oxygen atoms in total. The van der Waals surface area contributed by atoms with Crippen LogP contribution >= 0.6 is 34.8 Å². The molecule has 3 aromatic carbocycles. The van der Waals surface area contributed by atoms with Crippen molar-refractivity contribution in [2.75, 3.05) is 16.2 Å². The van der Waals surface area contributed by atoms with Gasteiger partial charge in [-0.1, -0.05) is 46.9 Å². The first kappa shape index (κ1) is 22.0. The summed E-state index contributed by atoms with van der Waals surface area (Å²) in [5, 5.41) is 0.863. The highest BCUT2D eigenvalue weighted by Gasteiger charge is 2.26. The Morgan fingerprint density at radius 2 is 1.74 bits per heavy atom. The van der Waals surface area contributed by atoms with Crippen LogP contribution in [0.2, 0.25) is 15.1 Å². The van der Waals surface area contributed by atoms with E-state index in [1.54, 1.807) is 53.4 Å². The first-order valence-electron chi connectivity index (χ1n) is 9.43. The summed E-state index contributed by atoms with van der Waals surface area (Å²) in [5.74, 6) is -0.178. The van der Waals surface area contributed by atoms with Crippen molar-refractivity contribution in [3.05, 3.63) is 86.9 Å². The molecule has 1 amide bonds. The Balaban J connectivity index is 1.65. The fourth-order valence-corrected chi connectivity index (χ4v) is 5.23. The number of nitrogens with one attached hydrogen (secondary N) is 1. The van der Waals surface area contributed by atoms with Crippen molar-refractivity contribution >= 4 is 62.1 Å². The number of hydrogen-bond donors (Lipinski definition) is 1. The van der Waals surface area contributed by atoms with E-state index in [9.17, 15) is 13.2 Å². The largest absolute Gasteiger partial charge is 0.308 e. The van der Waals surface area contributed by atoms with E-state index in [0.29, 0.717) is 29.2 Å². The lowest BCUT2D eigenvalue weighted by Gasteiger charge is -2.30. The zero-order valence-electron chi connectivity index (χ0n) is 16.1. The molecular weight excluding hydrogens is 479 g/mol. The van der Waals surface area contributed by atoms with Crippen LogP contribution in [0.4, 0.5) is 11.4 Å². The van der Waals surface area contributed by atoms with E-state index in [1.165, 1.54) is 12.1 Å². The zero-order chi connectivity index (χ0) is 22.2. The van der Waals surface area contributed by atoms with Gasteiger partial charge in [-0.3, -0.25) is 9.52 Å². The molecule has 0 saturated heterocycles. The van der Waals surface area contributed by atoms with Crippen LogP contribution in [0, 0.1) is 0 Å². The van der Waals surface area contributed by atoms with Crippen molar-refractivity contribution in [1.82, 2.24) is 0 Å². The Morgan fingerprint density at radius 3 is 2.52 bits per heavy atom. The number of hydrogen-bond acceptors (Lipinski definition) is 3. The summed E-state index contributed by atoms with van der Waals surface area (Å²) in [6, 6.07) is 16.2. The molecule has 9 heteroatoms. The summed E-state index contributed by atoms with van der Waals surface area (Å²) in [7, 11) is -3.90. The lowest BCUT2D eigenvalue weighted by molar-refractivity contribution is 0.0985. The minimum atomic E-state index is -3.90. The number of benzene rings is 3. The van der Waals surface area contributed by atoms with Crippen LogP contribution in [0.15, 0.2) is 65.6 Å². The highest BCUT2D eigenvalue weighted by atomic mass is 35.5. The Bertz CT molecular complexity index is 1280. The second-order valence-electron chi connectivity index (χ2n) is 7.07. The zero-order valence-corrected chi connectivity index (χ0v) is 19.2. The predicted octanol–water partition coefficient (Wildman–Crippen LogP) is 6.04. The molecule has 0 unspecified atom stereocenters. The molecule has 0 spiro atoms. The SMILES string of the molecule is O=C(c1cccc(Cl)c1)N1CCCc2cc(S(=O)(=O)Nc3cccc(Cl)c3Cl)ccc21. The smallest absolute Gasteiger partial charge is 0.261 e. The van der Waals surface area contributed by atoms with Crippen molar-refractivity contribution in [2.45, 2.75) is 17.7 Å². The highest BCUT2D eigenvalue weighted by molar-refractivity contribution is 7.92. The summed E-state index contributed by atoms with van der Waals surface area (Å²) in [6.07, 6.45) is 1.38. The molecule has 1 N–H and O–H groups in total. The van der Waals surface area contributed by atoms with Gasteiger partial charge in [-0.05, 0) is 66.9 Å². The van der Waals surface area contributed by atoms with Crippen molar-refractivity contribution in [1.29, 1.82) is 0 Å². The maximum absolute atomic E-state index is 13.0. The van der Waals surface area contributed by atoms with Gasteiger partial charge in [-0.25, -0.2) is 8.42 Å². The number of carbonyl (C=O) groups excluding carboxylic acids is 1. The summed E-state index contributed by atoms with van der Waals surface area (Å²) >= 11 is 18.1. The second-order valence-corrected chi connectivity index (χ2v) is 9.97. The molecule has 0 aliphatic carbocycles. The number of fused-ring (bicyclic) bond motifs is 1. The van der Waals surface area contributed by atoms with Gasteiger partial charge in [0.25, 0.3) is 15.9 Å². The molecule has 1 aliphatic rings. The lowest BCUT2D eigenvalue weighted by atomic mass is 10.0. The molecular formula is C22H17Cl3N2O3S. The molecule has 0 aromatic heterocycles. The molecule has 1 heterocycles. The number of amides is 1. The average molecular weight is 496 g/mol. The van der Waals surface area contributed by atoms with Gasteiger partial charge in [0.1, 0.15) is 0 Å². The van der Waals surface area contributed by atoms with Crippen LogP contribution in [0.3, 0.4) is 0 Å². The molecule has 160 valence electrons. The number of nitrogens with zero attached hydrogens (tertiary/aromatic N) is 1. The third-order valence-corrected chi connectivity index (χ3v) is 7.41. The van der Waals surface area contributed by atoms with Crippen molar-refractivity contribution in [2.24, 2.45) is 0 Å². The molecule has 0 saturated carbocycles. The van der Waals surface area contributed by atoms with Gasteiger partial charge in [-0.15, -0.1) is 0 Å². The van der Waals surface area contributed by atoms with Gasteiger partial charge >= 0.3 is 0 Å². The van der Waals surface area contributed by atoms with Gasteiger partial charge in [0.15, 0.2) is 0 Å². The molecule has 0 bridgehead atoms.